The molecule has 0 spiro atoms. The zero-order valence-electron chi connectivity index (χ0n) is 6.44. The van der Waals surface area contributed by atoms with E-state index in [1.54, 1.807) is 12.1 Å². The maximum atomic E-state index is 10.9. The summed E-state index contributed by atoms with van der Waals surface area (Å²) in [6, 6.07) is 4.69. The van der Waals surface area contributed by atoms with E-state index in [1.807, 2.05) is 0 Å². The quantitative estimate of drug-likeness (QED) is 0.646. The second-order valence-corrected chi connectivity index (χ2v) is 2.98. The van der Waals surface area contributed by atoms with Crippen molar-refractivity contribution >= 4 is 22.6 Å². The number of nitrogens with zero attached hydrogens (tertiary/aromatic N) is 2. The summed E-state index contributed by atoms with van der Waals surface area (Å²) >= 11 is 5.70. The van der Waals surface area contributed by atoms with Crippen LogP contribution in [0, 0.1) is 0 Å². The van der Waals surface area contributed by atoms with Gasteiger partial charge in [0.2, 0.25) is 0 Å². The SMILES string of the molecule is O=c1cnc2cc(Cl)ccc2n1O. The van der Waals surface area contributed by atoms with Crippen LogP contribution in [0.2, 0.25) is 5.02 Å². The molecule has 2 rings (SSSR count). The van der Waals surface area contributed by atoms with Gasteiger partial charge in [-0.05, 0) is 18.2 Å². The standard InChI is InChI=1S/C8H5ClN2O2/c9-5-1-2-7-6(3-5)10-4-8(12)11(7)13/h1-4,13H. The van der Waals surface area contributed by atoms with Crippen LogP contribution in [0.1, 0.15) is 0 Å². The Balaban J connectivity index is 2.95. The summed E-state index contributed by atoms with van der Waals surface area (Å²) in [4.78, 5) is 14.8. The first-order valence-electron chi connectivity index (χ1n) is 3.55. The molecule has 0 saturated heterocycles. The number of aromatic nitrogens is 2. The third kappa shape index (κ3) is 1.25. The molecule has 0 radical (unpaired) electrons. The van der Waals surface area contributed by atoms with Gasteiger partial charge >= 0.3 is 5.56 Å². The van der Waals surface area contributed by atoms with Crippen molar-refractivity contribution in [2.24, 2.45) is 0 Å². The van der Waals surface area contributed by atoms with Gasteiger partial charge in [0.25, 0.3) is 0 Å². The molecule has 0 bridgehead atoms. The Bertz CT molecular complexity index is 521. The Labute approximate surface area is 78.0 Å². The van der Waals surface area contributed by atoms with Gasteiger partial charge in [0.1, 0.15) is 5.52 Å². The molecule has 2 aromatic rings. The Morgan fingerprint density at radius 3 is 3.00 bits per heavy atom. The minimum atomic E-state index is -0.560. The molecule has 5 heteroatoms. The molecule has 66 valence electrons. The minimum Gasteiger partial charge on any atom is -0.425 e. The second-order valence-electron chi connectivity index (χ2n) is 2.54. The van der Waals surface area contributed by atoms with Crippen molar-refractivity contribution in [2.75, 3.05) is 0 Å². The molecule has 13 heavy (non-hydrogen) atoms. The highest BCUT2D eigenvalue weighted by Gasteiger charge is 2.01. The van der Waals surface area contributed by atoms with Gasteiger partial charge in [-0.3, -0.25) is 4.79 Å². The molecule has 0 unspecified atom stereocenters. The zero-order chi connectivity index (χ0) is 9.42. The van der Waals surface area contributed by atoms with E-state index in [-0.39, 0.29) is 0 Å². The van der Waals surface area contributed by atoms with Crippen LogP contribution in [0.5, 0.6) is 0 Å². The van der Waals surface area contributed by atoms with Gasteiger partial charge in [-0.1, -0.05) is 11.6 Å². The maximum absolute atomic E-state index is 10.9. The monoisotopic (exact) mass is 196 g/mol. The highest BCUT2D eigenvalue weighted by atomic mass is 35.5. The lowest BCUT2D eigenvalue weighted by Gasteiger charge is -2.00. The topological polar surface area (TPSA) is 55.1 Å². The summed E-state index contributed by atoms with van der Waals surface area (Å²) in [6.07, 6.45) is 1.04. The fraction of sp³-hybridized carbons (Fsp3) is 0. The molecule has 0 amide bonds. The highest BCUT2D eigenvalue weighted by Crippen LogP contribution is 2.14. The van der Waals surface area contributed by atoms with Crippen LogP contribution in [-0.4, -0.2) is 14.9 Å². The number of benzene rings is 1. The lowest BCUT2D eigenvalue weighted by atomic mass is 10.3. The number of hydrogen-bond acceptors (Lipinski definition) is 3. The van der Waals surface area contributed by atoms with Crippen molar-refractivity contribution < 1.29 is 5.21 Å². The molecule has 1 aromatic carbocycles. The van der Waals surface area contributed by atoms with Gasteiger partial charge in [0.05, 0.1) is 11.7 Å². The summed E-state index contributed by atoms with van der Waals surface area (Å²) in [5, 5.41) is 9.78. The van der Waals surface area contributed by atoms with Gasteiger partial charge in [0, 0.05) is 5.02 Å². The molecule has 1 aromatic heterocycles. The van der Waals surface area contributed by atoms with Crippen molar-refractivity contribution in [2.45, 2.75) is 0 Å². The largest absolute Gasteiger partial charge is 0.425 e. The first kappa shape index (κ1) is 8.07. The van der Waals surface area contributed by atoms with E-state index < -0.39 is 5.56 Å². The Morgan fingerprint density at radius 1 is 1.46 bits per heavy atom. The van der Waals surface area contributed by atoms with Crippen LogP contribution in [0.4, 0.5) is 0 Å². The van der Waals surface area contributed by atoms with Crippen molar-refractivity contribution in [3.63, 3.8) is 0 Å². The zero-order valence-corrected chi connectivity index (χ0v) is 7.19. The predicted molar refractivity (Wildman–Crippen MR) is 48.2 cm³/mol. The molecule has 0 aliphatic heterocycles. The van der Waals surface area contributed by atoms with Crippen LogP contribution in [0.15, 0.2) is 29.2 Å². The number of hydrogen-bond donors (Lipinski definition) is 1. The van der Waals surface area contributed by atoms with Crippen LogP contribution in [0.3, 0.4) is 0 Å². The Kier molecular flexibility index (Phi) is 1.70. The fourth-order valence-corrected chi connectivity index (χ4v) is 1.24. The summed E-state index contributed by atoms with van der Waals surface area (Å²) in [5.74, 6) is 0. The van der Waals surface area contributed by atoms with Gasteiger partial charge in [0.15, 0.2) is 0 Å². The van der Waals surface area contributed by atoms with Crippen LogP contribution in [0.25, 0.3) is 11.0 Å². The first-order valence-corrected chi connectivity index (χ1v) is 3.93. The molecular formula is C8H5ClN2O2. The van der Waals surface area contributed by atoms with E-state index in [9.17, 15) is 10.0 Å². The van der Waals surface area contributed by atoms with E-state index in [2.05, 4.69) is 4.98 Å². The van der Waals surface area contributed by atoms with Gasteiger partial charge in [-0.25, -0.2) is 4.98 Å². The van der Waals surface area contributed by atoms with Crippen molar-refractivity contribution in [1.29, 1.82) is 0 Å². The molecule has 4 nitrogen and oxygen atoms in total. The lowest BCUT2D eigenvalue weighted by molar-refractivity contribution is 0.188. The summed E-state index contributed by atoms with van der Waals surface area (Å²) in [6.45, 7) is 0. The lowest BCUT2D eigenvalue weighted by Crippen LogP contribution is -2.17. The van der Waals surface area contributed by atoms with Crippen LogP contribution >= 0.6 is 11.6 Å². The minimum absolute atomic E-state index is 0.344. The van der Waals surface area contributed by atoms with Crippen molar-refractivity contribution in [3.8, 4) is 0 Å². The molecule has 0 saturated carbocycles. The van der Waals surface area contributed by atoms with Crippen molar-refractivity contribution in [1.82, 2.24) is 9.71 Å². The number of fused-ring (bicyclic) bond motifs is 1. The average Bonchev–Trinajstić information content (AvgIpc) is 2.12. The molecule has 0 aliphatic carbocycles. The van der Waals surface area contributed by atoms with Gasteiger partial charge in [-0.15, -0.1) is 4.73 Å². The smallest absolute Gasteiger partial charge is 0.301 e. The second kappa shape index (κ2) is 2.74. The molecule has 0 fully saturated rings. The van der Waals surface area contributed by atoms with Gasteiger partial charge in [-0.2, -0.15) is 0 Å². The summed E-state index contributed by atoms with van der Waals surface area (Å²) in [7, 11) is 0. The third-order valence-corrected chi connectivity index (χ3v) is 1.92. The predicted octanol–water partition coefficient (Wildman–Crippen LogP) is 1.29. The molecule has 0 aliphatic rings. The van der Waals surface area contributed by atoms with Crippen LogP contribution < -0.4 is 5.56 Å². The summed E-state index contributed by atoms with van der Waals surface area (Å²) < 4.78 is 0.540. The fourth-order valence-electron chi connectivity index (χ4n) is 1.08. The van der Waals surface area contributed by atoms with Crippen molar-refractivity contribution in [3.05, 3.63) is 39.8 Å². The van der Waals surface area contributed by atoms with E-state index >= 15 is 0 Å². The molecular weight excluding hydrogens is 192 g/mol. The summed E-state index contributed by atoms with van der Waals surface area (Å²) in [5.41, 5.74) is 0.265. The highest BCUT2D eigenvalue weighted by molar-refractivity contribution is 6.31. The molecule has 1 N–H and O–H groups in total. The van der Waals surface area contributed by atoms with Crippen LogP contribution in [-0.2, 0) is 0 Å². The van der Waals surface area contributed by atoms with E-state index in [1.165, 1.54) is 6.07 Å². The van der Waals surface area contributed by atoms with E-state index in [0.29, 0.717) is 20.8 Å². The maximum Gasteiger partial charge on any atom is 0.301 e. The van der Waals surface area contributed by atoms with E-state index in [4.69, 9.17) is 11.6 Å². The van der Waals surface area contributed by atoms with E-state index in [0.717, 1.165) is 6.20 Å². The average molecular weight is 197 g/mol. The number of halogens is 1. The third-order valence-electron chi connectivity index (χ3n) is 1.69. The Hall–Kier alpha value is -1.55. The molecule has 0 atom stereocenters. The first-order chi connectivity index (χ1) is 6.18. The molecule has 1 heterocycles. The Morgan fingerprint density at radius 2 is 2.23 bits per heavy atom. The normalized spacial score (nSPS) is 10.5. The van der Waals surface area contributed by atoms with Gasteiger partial charge < -0.3 is 5.21 Å². The number of rotatable bonds is 0.